The average molecular weight is 354 g/mol. The van der Waals surface area contributed by atoms with Gasteiger partial charge in [-0.25, -0.2) is 4.31 Å². The van der Waals surface area contributed by atoms with E-state index >= 15 is 0 Å². The average Bonchev–Trinajstić information content (AvgIpc) is 3.27. The second-order valence-corrected chi connectivity index (χ2v) is 8.02. The fraction of sp³-hybridized carbons (Fsp3) is 0. The van der Waals surface area contributed by atoms with Crippen LogP contribution in [-0.4, -0.2) is 15.9 Å². The van der Waals surface area contributed by atoms with Crippen LogP contribution in [0.3, 0.4) is 0 Å². The molecule has 0 N–H and O–H groups in total. The molecule has 0 amide bonds. The fourth-order valence-corrected chi connectivity index (χ4v) is 6.36. The first-order chi connectivity index (χ1) is 11.4. The smallest absolute Gasteiger partial charge is 0.182 e. The number of benzene rings is 2. The minimum absolute atomic E-state index is 0.422. The Morgan fingerprint density at radius 1 is 0.870 bits per heavy atom. The van der Waals surface area contributed by atoms with Crippen molar-refractivity contribution in [2.75, 3.05) is 0 Å². The van der Waals surface area contributed by atoms with Crippen LogP contribution in [0.25, 0.3) is 4.91 Å². The van der Waals surface area contributed by atoms with Crippen LogP contribution in [-0.2, 0) is 10.9 Å². The molecule has 0 aromatic heterocycles. The summed E-state index contributed by atoms with van der Waals surface area (Å²) in [6, 6.07) is 20.6. The van der Waals surface area contributed by atoms with Gasteiger partial charge in [-0.1, -0.05) is 60.7 Å². The molecule has 0 radical (unpaired) electrons. The van der Waals surface area contributed by atoms with Crippen molar-refractivity contribution in [3.8, 4) is 0 Å². The summed E-state index contributed by atoms with van der Waals surface area (Å²) in [6.07, 6.45) is 0. The number of rotatable bonds is 2. The molecule has 0 saturated heterocycles. The lowest BCUT2D eigenvalue weighted by atomic mass is 10.1. The third-order valence-corrected chi connectivity index (χ3v) is 7.21. The van der Waals surface area contributed by atoms with Gasteiger partial charge in [0, 0.05) is 17.5 Å². The van der Waals surface area contributed by atoms with Crippen LogP contribution in [0.1, 0.15) is 11.1 Å². The van der Waals surface area contributed by atoms with Crippen molar-refractivity contribution < 1.29 is 0 Å². The van der Waals surface area contributed by atoms with E-state index in [0.29, 0.717) is 0 Å². The summed E-state index contributed by atoms with van der Waals surface area (Å²) in [4.78, 5) is 1.18. The Morgan fingerprint density at radius 2 is 1.57 bits per heavy atom. The summed E-state index contributed by atoms with van der Waals surface area (Å²) >= 11 is 2.99. The molecule has 2 aromatic rings. The molecule has 3 aliphatic rings. The van der Waals surface area contributed by atoms with Gasteiger partial charge in [0.2, 0.25) is 0 Å². The van der Waals surface area contributed by atoms with E-state index < -0.39 is 10.9 Å². The molecule has 2 aromatic carbocycles. The molecular formula is C16H10N4S3. The topological polar surface area (TPSA) is 40.3 Å². The minimum atomic E-state index is -0.422. The first-order valence-corrected chi connectivity index (χ1v) is 9.68. The van der Waals surface area contributed by atoms with Crippen LogP contribution < -0.4 is 0 Å². The molecule has 7 heteroatoms. The monoisotopic (exact) mass is 354 g/mol. The Morgan fingerprint density at radius 3 is 2.30 bits per heavy atom. The summed E-state index contributed by atoms with van der Waals surface area (Å²) in [5.41, 5.74) is 3.23. The van der Waals surface area contributed by atoms with E-state index in [2.05, 4.69) is 48.9 Å². The third-order valence-electron chi connectivity index (χ3n) is 3.62. The normalized spacial score (nSPS) is 21.7. The molecule has 0 fully saturated rings. The van der Waals surface area contributed by atoms with Crippen molar-refractivity contribution in [2.45, 2.75) is 0 Å². The summed E-state index contributed by atoms with van der Waals surface area (Å²) < 4.78 is 16.2. The lowest BCUT2D eigenvalue weighted by Crippen LogP contribution is -2.22. The maximum Gasteiger partial charge on any atom is 0.182 e. The Hall–Kier alpha value is -1.83. The first-order valence-electron chi connectivity index (χ1n) is 7.04. The van der Waals surface area contributed by atoms with Gasteiger partial charge in [-0.2, -0.15) is 12.6 Å². The zero-order valence-electron chi connectivity index (χ0n) is 11.8. The Balaban J connectivity index is 1.58. The van der Waals surface area contributed by atoms with Gasteiger partial charge in [-0.05, 0) is 5.56 Å². The highest BCUT2D eigenvalue weighted by atomic mass is 32.2. The zero-order chi connectivity index (χ0) is 15.2. The molecule has 5 rings (SSSR count). The predicted molar refractivity (Wildman–Crippen MR) is 101 cm³/mol. The second-order valence-electron chi connectivity index (χ2n) is 5.03. The number of amidine groups is 1. The highest BCUT2D eigenvalue weighted by molar-refractivity contribution is 8.16. The van der Waals surface area contributed by atoms with Gasteiger partial charge in [0.1, 0.15) is 22.9 Å². The van der Waals surface area contributed by atoms with Crippen LogP contribution in [0.2, 0.25) is 0 Å². The van der Waals surface area contributed by atoms with Crippen molar-refractivity contribution in [2.24, 2.45) is 12.6 Å². The van der Waals surface area contributed by atoms with Gasteiger partial charge in [-0.15, -0.1) is 0 Å². The number of nitrogens with zero attached hydrogens (tertiary/aromatic N) is 4. The van der Waals surface area contributed by atoms with Gasteiger partial charge in [0.25, 0.3) is 0 Å². The van der Waals surface area contributed by atoms with E-state index in [0.717, 1.165) is 22.1 Å². The number of hydrogen-bond donors (Lipinski definition) is 0. The summed E-state index contributed by atoms with van der Waals surface area (Å²) in [5, 5.41) is 1.16. The van der Waals surface area contributed by atoms with Crippen molar-refractivity contribution in [1.82, 2.24) is 4.31 Å². The van der Waals surface area contributed by atoms with E-state index in [4.69, 9.17) is 4.40 Å². The van der Waals surface area contributed by atoms with Crippen molar-refractivity contribution in [3.63, 3.8) is 0 Å². The van der Waals surface area contributed by atoms with Gasteiger partial charge >= 0.3 is 0 Å². The molecule has 0 bridgehead atoms. The van der Waals surface area contributed by atoms with Crippen molar-refractivity contribution in [1.29, 1.82) is 0 Å². The van der Waals surface area contributed by atoms with Crippen LogP contribution in [0.4, 0.5) is 0 Å². The van der Waals surface area contributed by atoms with Crippen LogP contribution in [0.5, 0.6) is 0 Å². The van der Waals surface area contributed by atoms with Crippen LogP contribution in [0, 0.1) is 0 Å². The quantitative estimate of drug-likeness (QED) is 0.747. The highest BCUT2D eigenvalue weighted by Gasteiger charge is 2.41. The Kier molecular flexibility index (Phi) is 3.17. The van der Waals surface area contributed by atoms with E-state index in [9.17, 15) is 0 Å². The van der Waals surface area contributed by atoms with Gasteiger partial charge in [-0.3, -0.25) is 0 Å². The summed E-state index contributed by atoms with van der Waals surface area (Å²) in [6.45, 7) is 0. The molecular weight excluding hydrogens is 344 g/mol. The van der Waals surface area contributed by atoms with Gasteiger partial charge in [0.05, 0.1) is 15.8 Å². The molecule has 112 valence electrons. The minimum Gasteiger partial charge on any atom is -0.236 e. The predicted octanol–water partition coefficient (Wildman–Crippen LogP) is 4.47. The first kappa shape index (κ1) is 13.6. The molecule has 3 heterocycles. The van der Waals surface area contributed by atoms with E-state index in [1.165, 1.54) is 34.6 Å². The molecule has 4 nitrogen and oxygen atoms in total. The molecule has 1 atom stereocenters. The molecule has 0 aliphatic carbocycles. The highest BCUT2D eigenvalue weighted by Crippen LogP contribution is 2.48. The summed E-state index contributed by atoms with van der Waals surface area (Å²) in [7, 11) is -0.422. The maximum atomic E-state index is 4.82. The van der Waals surface area contributed by atoms with Gasteiger partial charge < -0.3 is 0 Å². The second kappa shape index (κ2) is 5.36. The van der Waals surface area contributed by atoms with Crippen LogP contribution >= 0.6 is 24.1 Å². The van der Waals surface area contributed by atoms with Crippen molar-refractivity contribution >= 4 is 51.4 Å². The summed E-state index contributed by atoms with van der Waals surface area (Å²) in [5.74, 6) is 0.928. The van der Waals surface area contributed by atoms with Gasteiger partial charge in [0.15, 0.2) is 5.84 Å². The number of fused-ring (bicyclic) bond motifs is 3. The maximum absolute atomic E-state index is 4.82. The van der Waals surface area contributed by atoms with Crippen molar-refractivity contribution in [3.05, 3.63) is 76.8 Å². The van der Waals surface area contributed by atoms with E-state index in [1.807, 2.05) is 24.3 Å². The molecule has 1 unspecified atom stereocenters. The zero-order valence-corrected chi connectivity index (χ0v) is 14.2. The van der Waals surface area contributed by atoms with Crippen LogP contribution in [0.15, 0.2) is 78.3 Å². The van der Waals surface area contributed by atoms with E-state index in [1.54, 1.807) is 0 Å². The Bertz CT molecular complexity index is 917. The third kappa shape index (κ3) is 2.11. The Labute approximate surface area is 145 Å². The lowest BCUT2D eigenvalue weighted by molar-refractivity contribution is 0.953. The molecule has 3 aliphatic heterocycles. The standard InChI is InChI=1S/C16H10N4S3/c1-3-7-11(8-4-1)13-15-18-23-16(20(15)22-17-13)14(21-19-23)12-9-5-2-6-10-12/h1-10H. The molecule has 0 spiro atoms. The fourth-order valence-electron chi connectivity index (χ4n) is 2.55. The lowest BCUT2D eigenvalue weighted by Gasteiger charge is -2.12. The molecule has 0 saturated carbocycles. The molecule has 23 heavy (non-hydrogen) atoms. The largest absolute Gasteiger partial charge is 0.236 e. The number of hydrogen-bond acceptors (Lipinski definition) is 6. The SMILES string of the molecule is c1ccc(C2=NSN3C2=NS2=NSC(c4ccccc4)=C32)cc1. The van der Waals surface area contributed by atoms with E-state index in [-0.39, 0.29) is 0 Å².